The van der Waals surface area contributed by atoms with Gasteiger partial charge in [0.15, 0.2) is 0 Å². The second-order valence-corrected chi connectivity index (χ2v) is 7.06. The van der Waals surface area contributed by atoms with Crippen molar-refractivity contribution in [2.75, 3.05) is 33.2 Å². The summed E-state index contributed by atoms with van der Waals surface area (Å²) in [4.78, 5) is 5.07. The van der Waals surface area contributed by atoms with Crippen LogP contribution in [0.4, 0.5) is 0 Å². The SMILES string of the molecule is CN1CCCC1CNCc1ccc(CN2CCCCC2)cc1. The first-order valence-electron chi connectivity index (χ1n) is 9.02. The molecule has 3 heteroatoms. The van der Waals surface area contributed by atoms with Gasteiger partial charge in [-0.2, -0.15) is 0 Å². The normalized spacial score (nSPS) is 24.0. The first-order valence-corrected chi connectivity index (χ1v) is 9.02. The maximum atomic E-state index is 3.62. The monoisotopic (exact) mass is 301 g/mol. The summed E-state index contributed by atoms with van der Waals surface area (Å²) >= 11 is 0. The van der Waals surface area contributed by atoms with E-state index < -0.39 is 0 Å². The van der Waals surface area contributed by atoms with E-state index >= 15 is 0 Å². The summed E-state index contributed by atoms with van der Waals surface area (Å²) in [6, 6.07) is 9.95. The van der Waals surface area contributed by atoms with Crippen LogP contribution in [0.25, 0.3) is 0 Å². The number of hydrogen-bond donors (Lipinski definition) is 1. The molecule has 0 saturated carbocycles. The van der Waals surface area contributed by atoms with Crippen molar-refractivity contribution in [1.29, 1.82) is 0 Å². The van der Waals surface area contributed by atoms with Crippen molar-refractivity contribution in [2.24, 2.45) is 0 Å². The lowest BCUT2D eigenvalue weighted by molar-refractivity contribution is 0.221. The summed E-state index contributed by atoms with van der Waals surface area (Å²) in [5.41, 5.74) is 2.87. The van der Waals surface area contributed by atoms with Gasteiger partial charge in [-0.1, -0.05) is 30.7 Å². The van der Waals surface area contributed by atoms with Crippen molar-refractivity contribution in [1.82, 2.24) is 15.1 Å². The first-order chi connectivity index (χ1) is 10.8. The average molecular weight is 301 g/mol. The van der Waals surface area contributed by atoms with Gasteiger partial charge in [-0.3, -0.25) is 4.90 Å². The number of hydrogen-bond acceptors (Lipinski definition) is 3. The molecule has 22 heavy (non-hydrogen) atoms. The zero-order chi connectivity index (χ0) is 15.2. The van der Waals surface area contributed by atoms with Gasteiger partial charge in [0.25, 0.3) is 0 Å². The first kappa shape index (κ1) is 16.0. The molecule has 1 unspecified atom stereocenters. The number of benzene rings is 1. The second-order valence-electron chi connectivity index (χ2n) is 7.06. The molecule has 1 N–H and O–H groups in total. The van der Waals surface area contributed by atoms with Gasteiger partial charge < -0.3 is 10.2 Å². The largest absolute Gasteiger partial charge is 0.311 e. The van der Waals surface area contributed by atoms with Gasteiger partial charge in [0.05, 0.1) is 0 Å². The molecule has 2 heterocycles. The highest BCUT2D eigenvalue weighted by Crippen LogP contribution is 2.15. The summed E-state index contributed by atoms with van der Waals surface area (Å²) < 4.78 is 0. The van der Waals surface area contributed by atoms with Crippen molar-refractivity contribution in [2.45, 2.75) is 51.2 Å². The fourth-order valence-electron chi connectivity index (χ4n) is 3.76. The summed E-state index contributed by atoms with van der Waals surface area (Å²) in [5, 5.41) is 3.62. The van der Waals surface area contributed by atoms with Gasteiger partial charge in [-0.25, -0.2) is 0 Å². The Bertz CT molecular complexity index is 436. The van der Waals surface area contributed by atoms with E-state index in [-0.39, 0.29) is 0 Å². The predicted molar refractivity (Wildman–Crippen MR) is 92.9 cm³/mol. The minimum absolute atomic E-state index is 0.735. The van der Waals surface area contributed by atoms with E-state index in [0.29, 0.717) is 0 Å². The molecule has 0 radical (unpaired) electrons. The summed E-state index contributed by atoms with van der Waals surface area (Å²) in [7, 11) is 2.24. The summed E-state index contributed by atoms with van der Waals surface area (Å²) in [6.45, 7) is 7.05. The van der Waals surface area contributed by atoms with Gasteiger partial charge in [0.2, 0.25) is 0 Å². The number of likely N-dealkylation sites (tertiary alicyclic amines) is 2. The number of piperidine rings is 1. The van der Waals surface area contributed by atoms with Gasteiger partial charge in [0, 0.05) is 25.7 Å². The Hall–Kier alpha value is -0.900. The third-order valence-corrected chi connectivity index (χ3v) is 5.26. The van der Waals surface area contributed by atoms with Crippen LogP contribution < -0.4 is 5.32 Å². The van der Waals surface area contributed by atoms with E-state index in [1.807, 2.05) is 0 Å². The Morgan fingerprint density at radius 3 is 2.36 bits per heavy atom. The number of likely N-dealkylation sites (N-methyl/N-ethyl adjacent to an activating group) is 1. The Kier molecular flexibility index (Phi) is 5.88. The minimum atomic E-state index is 0.735. The lowest BCUT2D eigenvalue weighted by Gasteiger charge is -2.26. The van der Waals surface area contributed by atoms with Crippen LogP contribution in [-0.4, -0.2) is 49.1 Å². The van der Waals surface area contributed by atoms with Crippen molar-refractivity contribution in [3.05, 3.63) is 35.4 Å². The quantitative estimate of drug-likeness (QED) is 0.871. The molecule has 1 aromatic carbocycles. The van der Waals surface area contributed by atoms with Crippen LogP contribution in [0.15, 0.2) is 24.3 Å². The van der Waals surface area contributed by atoms with E-state index in [1.54, 1.807) is 0 Å². The molecular formula is C19H31N3. The van der Waals surface area contributed by atoms with Crippen LogP contribution in [0.5, 0.6) is 0 Å². The predicted octanol–water partition coefficient (Wildman–Crippen LogP) is 2.86. The van der Waals surface area contributed by atoms with Crippen LogP contribution in [-0.2, 0) is 13.1 Å². The van der Waals surface area contributed by atoms with Crippen molar-refractivity contribution in [3.63, 3.8) is 0 Å². The van der Waals surface area contributed by atoms with Crippen LogP contribution in [0.2, 0.25) is 0 Å². The maximum Gasteiger partial charge on any atom is 0.0233 e. The molecular weight excluding hydrogens is 270 g/mol. The van der Waals surface area contributed by atoms with Crippen molar-refractivity contribution in [3.8, 4) is 0 Å². The molecule has 2 saturated heterocycles. The zero-order valence-corrected chi connectivity index (χ0v) is 14.1. The molecule has 2 aliphatic rings. The lowest BCUT2D eigenvalue weighted by atomic mass is 10.1. The average Bonchev–Trinajstić information content (AvgIpc) is 2.95. The Morgan fingerprint density at radius 2 is 1.68 bits per heavy atom. The number of nitrogens with one attached hydrogen (secondary N) is 1. The highest BCUT2D eigenvalue weighted by atomic mass is 15.2. The summed E-state index contributed by atoms with van der Waals surface area (Å²) in [5.74, 6) is 0. The highest BCUT2D eigenvalue weighted by Gasteiger charge is 2.19. The van der Waals surface area contributed by atoms with Gasteiger partial charge in [-0.05, 0) is 63.5 Å². The topological polar surface area (TPSA) is 18.5 Å². The Morgan fingerprint density at radius 1 is 0.955 bits per heavy atom. The molecule has 0 aliphatic carbocycles. The standard InChI is InChI=1S/C19H31N3/c1-21-11-5-6-19(21)15-20-14-17-7-9-18(10-8-17)16-22-12-3-2-4-13-22/h7-10,19-20H,2-6,11-16H2,1H3. The van der Waals surface area contributed by atoms with Crippen molar-refractivity contribution >= 4 is 0 Å². The zero-order valence-electron chi connectivity index (χ0n) is 14.1. The van der Waals surface area contributed by atoms with Gasteiger partial charge >= 0.3 is 0 Å². The third-order valence-electron chi connectivity index (χ3n) is 5.26. The van der Waals surface area contributed by atoms with E-state index in [1.165, 1.54) is 62.9 Å². The van der Waals surface area contributed by atoms with Crippen LogP contribution in [0.1, 0.15) is 43.2 Å². The Labute approximate surface area is 135 Å². The van der Waals surface area contributed by atoms with Crippen LogP contribution >= 0.6 is 0 Å². The molecule has 1 atom stereocenters. The minimum Gasteiger partial charge on any atom is -0.311 e. The number of rotatable bonds is 6. The molecule has 0 amide bonds. The molecule has 1 aromatic rings. The van der Waals surface area contributed by atoms with E-state index in [2.05, 4.69) is 46.4 Å². The van der Waals surface area contributed by atoms with Gasteiger partial charge in [-0.15, -0.1) is 0 Å². The highest BCUT2D eigenvalue weighted by molar-refractivity contribution is 5.22. The Balaban J connectivity index is 1.41. The van der Waals surface area contributed by atoms with E-state index in [0.717, 1.165) is 25.7 Å². The maximum absolute atomic E-state index is 3.62. The fraction of sp³-hybridized carbons (Fsp3) is 0.684. The molecule has 0 aromatic heterocycles. The van der Waals surface area contributed by atoms with Crippen LogP contribution in [0.3, 0.4) is 0 Å². The summed E-state index contributed by atoms with van der Waals surface area (Å²) in [6.07, 6.45) is 6.86. The smallest absolute Gasteiger partial charge is 0.0233 e. The molecule has 122 valence electrons. The molecule has 0 spiro atoms. The van der Waals surface area contributed by atoms with Gasteiger partial charge in [0.1, 0.15) is 0 Å². The molecule has 0 bridgehead atoms. The van der Waals surface area contributed by atoms with Crippen molar-refractivity contribution < 1.29 is 0 Å². The molecule has 3 rings (SSSR count). The lowest BCUT2D eigenvalue weighted by Crippen LogP contribution is -2.35. The van der Waals surface area contributed by atoms with E-state index in [9.17, 15) is 0 Å². The third kappa shape index (κ3) is 4.55. The molecule has 2 fully saturated rings. The number of nitrogens with zero attached hydrogens (tertiary/aromatic N) is 2. The second kappa shape index (κ2) is 8.09. The molecule has 2 aliphatic heterocycles. The van der Waals surface area contributed by atoms with Crippen LogP contribution in [0, 0.1) is 0 Å². The fourth-order valence-corrected chi connectivity index (χ4v) is 3.76. The van der Waals surface area contributed by atoms with E-state index in [4.69, 9.17) is 0 Å². The molecule has 3 nitrogen and oxygen atoms in total.